The Morgan fingerprint density at radius 1 is 1.10 bits per heavy atom. The predicted molar refractivity (Wildman–Crippen MR) is 82.4 cm³/mol. The van der Waals surface area contributed by atoms with Crippen LogP contribution in [0.25, 0.3) is 10.9 Å². The number of benzene rings is 2. The molecule has 3 N–H and O–H groups in total. The van der Waals surface area contributed by atoms with Crippen molar-refractivity contribution in [3.63, 3.8) is 0 Å². The van der Waals surface area contributed by atoms with Crippen molar-refractivity contribution in [2.24, 2.45) is 0 Å². The van der Waals surface area contributed by atoms with E-state index in [1.54, 1.807) is 12.1 Å². The number of nitrogens with zero attached hydrogens (tertiary/aromatic N) is 3. The molecule has 0 radical (unpaired) electrons. The van der Waals surface area contributed by atoms with Crippen molar-refractivity contribution in [3.8, 4) is 6.07 Å². The van der Waals surface area contributed by atoms with E-state index in [2.05, 4.69) is 21.4 Å². The molecular weight excluding hydrogens is 262 g/mol. The molecule has 1 aromatic heterocycles. The number of aromatic nitrogens is 2. The average molecular weight is 275 g/mol. The molecule has 3 rings (SSSR count). The Balaban J connectivity index is 1.84. The van der Waals surface area contributed by atoms with Gasteiger partial charge >= 0.3 is 0 Å². The summed E-state index contributed by atoms with van der Waals surface area (Å²) in [5.74, 6) is 0.747. The number of hydrogen-bond acceptors (Lipinski definition) is 5. The molecule has 0 saturated heterocycles. The summed E-state index contributed by atoms with van der Waals surface area (Å²) in [7, 11) is 0. The number of nitrogens with two attached hydrogens (primary N) is 1. The second-order valence-electron chi connectivity index (χ2n) is 4.66. The number of nitrogens with one attached hydrogen (secondary N) is 1. The van der Waals surface area contributed by atoms with Gasteiger partial charge in [0.2, 0.25) is 0 Å². The molecule has 0 spiro atoms. The van der Waals surface area contributed by atoms with Crippen molar-refractivity contribution in [1.29, 1.82) is 5.26 Å². The summed E-state index contributed by atoms with van der Waals surface area (Å²) in [6, 6.07) is 15.1. The number of anilines is 2. The van der Waals surface area contributed by atoms with Crippen LogP contribution in [0.4, 0.5) is 11.5 Å². The molecule has 1 heterocycles. The first-order valence-electron chi connectivity index (χ1n) is 6.49. The van der Waals surface area contributed by atoms with E-state index < -0.39 is 0 Å². The molecule has 2 aromatic carbocycles. The lowest BCUT2D eigenvalue weighted by molar-refractivity contribution is 1.10. The number of nitriles is 1. The molecule has 0 atom stereocenters. The van der Waals surface area contributed by atoms with E-state index in [9.17, 15) is 0 Å². The van der Waals surface area contributed by atoms with Crippen LogP contribution in [0.3, 0.4) is 0 Å². The summed E-state index contributed by atoms with van der Waals surface area (Å²) in [5, 5.41) is 13.0. The highest BCUT2D eigenvalue weighted by Crippen LogP contribution is 2.22. The van der Waals surface area contributed by atoms with Gasteiger partial charge in [0.15, 0.2) is 0 Å². The van der Waals surface area contributed by atoms with Crippen molar-refractivity contribution in [3.05, 3.63) is 59.9 Å². The van der Waals surface area contributed by atoms with E-state index in [4.69, 9.17) is 11.0 Å². The number of fused-ring (bicyclic) bond motifs is 1. The standard InChI is InChI=1S/C16H13N5/c17-8-11-1-3-12(4-2-11)9-19-16-14-7-13(18)5-6-15(14)20-10-21-16/h1-7,10H,9,18H2,(H,19,20,21). The molecular formula is C16H13N5. The Bertz CT molecular complexity index is 818. The third-order valence-electron chi connectivity index (χ3n) is 3.20. The van der Waals surface area contributed by atoms with Crippen LogP contribution in [0, 0.1) is 11.3 Å². The Labute approximate surface area is 122 Å². The van der Waals surface area contributed by atoms with Gasteiger partial charge in [-0.3, -0.25) is 0 Å². The minimum atomic E-state index is 0.618. The van der Waals surface area contributed by atoms with Crippen LogP contribution in [0.15, 0.2) is 48.8 Å². The first-order chi connectivity index (χ1) is 10.3. The molecule has 102 valence electrons. The first kappa shape index (κ1) is 12.9. The van der Waals surface area contributed by atoms with Crippen LogP contribution in [0.5, 0.6) is 0 Å². The van der Waals surface area contributed by atoms with Crippen molar-refractivity contribution >= 4 is 22.4 Å². The van der Waals surface area contributed by atoms with E-state index in [1.165, 1.54) is 6.33 Å². The van der Waals surface area contributed by atoms with E-state index >= 15 is 0 Å². The minimum Gasteiger partial charge on any atom is -0.399 e. The second kappa shape index (κ2) is 5.47. The molecule has 0 fully saturated rings. The molecule has 0 unspecified atom stereocenters. The summed E-state index contributed by atoms with van der Waals surface area (Å²) in [6.45, 7) is 0.618. The maximum absolute atomic E-state index is 8.79. The van der Waals surface area contributed by atoms with Gasteiger partial charge in [-0.25, -0.2) is 9.97 Å². The molecule has 0 amide bonds. The van der Waals surface area contributed by atoms with Gasteiger partial charge in [-0.1, -0.05) is 12.1 Å². The van der Waals surface area contributed by atoms with Gasteiger partial charge in [0.05, 0.1) is 17.1 Å². The van der Waals surface area contributed by atoms with Crippen LogP contribution in [0.1, 0.15) is 11.1 Å². The first-order valence-corrected chi connectivity index (χ1v) is 6.49. The van der Waals surface area contributed by atoms with E-state index in [-0.39, 0.29) is 0 Å². The van der Waals surface area contributed by atoms with Gasteiger partial charge in [-0.2, -0.15) is 5.26 Å². The Kier molecular flexibility index (Phi) is 3.36. The zero-order valence-corrected chi connectivity index (χ0v) is 11.2. The lowest BCUT2D eigenvalue weighted by Crippen LogP contribution is -2.02. The molecule has 5 nitrogen and oxygen atoms in total. The molecule has 21 heavy (non-hydrogen) atoms. The summed E-state index contributed by atoms with van der Waals surface area (Å²) in [5.41, 5.74) is 9.07. The molecule has 0 aliphatic carbocycles. The zero-order valence-electron chi connectivity index (χ0n) is 11.2. The van der Waals surface area contributed by atoms with Crippen LogP contribution >= 0.6 is 0 Å². The topological polar surface area (TPSA) is 87.6 Å². The number of rotatable bonds is 3. The fraction of sp³-hybridized carbons (Fsp3) is 0.0625. The Hall–Kier alpha value is -3.13. The highest BCUT2D eigenvalue weighted by Gasteiger charge is 2.04. The quantitative estimate of drug-likeness (QED) is 0.717. The van der Waals surface area contributed by atoms with Crippen molar-refractivity contribution < 1.29 is 0 Å². The van der Waals surface area contributed by atoms with Crippen molar-refractivity contribution in [2.45, 2.75) is 6.54 Å². The lowest BCUT2D eigenvalue weighted by atomic mass is 10.1. The van der Waals surface area contributed by atoms with Gasteiger partial charge in [-0.15, -0.1) is 0 Å². The van der Waals surface area contributed by atoms with Gasteiger partial charge in [0.25, 0.3) is 0 Å². The van der Waals surface area contributed by atoms with Crippen molar-refractivity contribution in [2.75, 3.05) is 11.1 Å². The molecule has 0 bridgehead atoms. The normalized spacial score (nSPS) is 10.2. The summed E-state index contributed by atoms with van der Waals surface area (Å²) < 4.78 is 0. The van der Waals surface area contributed by atoms with Gasteiger partial charge in [-0.05, 0) is 35.9 Å². The number of hydrogen-bond donors (Lipinski definition) is 2. The summed E-state index contributed by atoms with van der Waals surface area (Å²) >= 11 is 0. The maximum Gasteiger partial charge on any atom is 0.137 e. The molecule has 0 aliphatic rings. The highest BCUT2D eigenvalue weighted by atomic mass is 15.0. The average Bonchev–Trinajstić information content (AvgIpc) is 2.53. The SMILES string of the molecule is N#Cc1ccc(CNc2ncnc3ccc(N)cc23)cc1. The highest BCUT2D eigenvalue weighted by molar-refractivity contribution is 5.91. The fourth-order valence-electron chi connectivity index (χ4n) is 2.10. The van der Waals surface area contributed by atoms with Gasteiger partial charge < -0.3 is 11.1 Å². The lowest BCUT2D eigenvalue weighted by Gasteiger charge is -2.09. The van der Waals surface area contributed by atoms with E-state index in [0.29, 0.717) is 17.8 Å². The smallest absolute Gasteiger partial charge is 0.137 e. The summed E-state index contributed by atoms with van der Waals surface area (Å²) in [6.07, 6.45) is 1.53. The maximum atomic E-state index is 8.79. The monoisotopic (exact) mass is 275 g/mol. The Morgan fingerprint density at radius 2 is 1.90 bits per heavy atom. The van der Waals surface area contributed by atoms with E-state index in [0.717, 1.165) is 22.3 Å². The minimum absolute atomic E-state index is 0.618. The Morgan fingerprint density at radius 3 is 2.67 bits per heavy atom. The third-order valence-corrected chi connectivity index (χ3v) is 3.20. The van der Waals surface area contributed by atoms with Gasteiger partial charge in [0, 0.05) is 17.6 Å². The summed E-state index contributed by atoms with van der Waals surface area (Å²) in [4.78, 5) is 8.48. The van der Waals surface area contributed by atoms with Crippen LogP contribution in [-0.2, 0) is 6.54 Å². The molecule has 3 aromatic rings. The van der Waals surface area contributed by atoms with Crippen LogP contribution in [0.2, 0.25) is 0 Å². The largest absolute Gasteiger partial charge is 0.399 e. The van der Waals surface area contributed by atoms with Crippen LogP contribution < -0.4 is 11.1 Å². The van der Waals surface area contributed by atoms with Crippen molar-refractivity contribution in [1.82, 2.24) is 9.97 Å². The molecule has 0 aliphatic heterocycles. The zero-order chi connectivity index (χ0) is 14.7. The number of nitrogen functional groups attached to an aromatic ring is 1. The predicted octanol–water partition coefficient (Wildman–Crippen LogP) is 2.70. The molecule has 0 saturated carbocycles. The fourth-order valence-corrected chi connectivity index (χ4v) is 2.10. The van der Waals surface area contributed by atoms with E-state index in [1.807, 2.05) is 30.3 Å². The molecule has 5 heteroatoms. The second-order valence-corrected chi connectivity index (χ2v) is 4.66. The third kappa shape index (κ3) is 2.74. The van der Waals surface area contributed by atoms with Gasteiger partial charge in [0.1, 0.15) is 12.1 Å². The van der Waals surface area contributed by atoms with Crippen LogP contribution in [-0.4, -0.2) is 9.97 Å².